The average Bonchev–Trinajstić information content (AvgIpc) is 1.52. The van der Waals surface area contributed by atoms with Crippen LogP contribution in [0.25, 0.3) is 95.0 Å². The molecule has 5 heteroatoms. The highest BCUT2D eigenvalue weighted by molar-refractivity contribution is 7.26. The van der Waals surface area contributed by atoms with Crippen molar-refractivity contribution in [3.63, 3.8) is 0 Å². The van der Waals surface area contributed by atoms with Crippen molar-refractivity contribution >= 4 is 141 Å². The molecule has 89 heavy (non-hydrogen) atoms. The van der Waals surface area contributed by atoms with Gasteiger partial charge in [0.2, 0.25) is 0 Å². The summed E-state index contributed by atoms with van der Waals surface area (Å²) >= 11 is 3.76. The van der Waals surface area contributed by atoms with Crippen LogP contribution in [-0.4, -0.2) is 0 Å². The molecule has 3 aromatic heterocycles. The van der Waals surface area contributed by atoms with Gasteiger partial charge in [-0.2, -0.15) is 0 Å². The third-order valence-electron chi connectivity index (χ3n) is 20.1. The van der Waals surface area contributed by atoms with Gasteiger partial charge in [-0.25, -0.2) is 0 Å². The summed E-state index contributed by atoms with van der Waals surface area (Å²) in [6.07, 6.45) is 0. The minimum Gasteiger partial charge on any atom is -0.455 e. The van der Waals surface area contributed by atoms with E-state index in [0.29, 0.717) is 11.8 Å². The van der Waals surface area contributed by atoms with Crippen LogP contribution in [0.5, 0.6) is 0 Å². The van der Waals surface area contributed by atoms with Gasteiger partial charge in [-0.3, -0.25) is 0 Å². The van der Waals surface area contributed by atoms with Gasteiger partial charge < -0.3 is 14.2 Å². The van der Waals surface area contributed by atoms with E-state index in [4.69, 9.17) is 4.42 Å². The maximum absolute atomic E-state index is 7.71. The zero-order chi connectivity index (χ0) is 59.6. The van der Waals surface area contributed by atoms with E-state index in [2.05, 4.69) is 306 Å². The Morgan fingerprint density at radius 2 is 0.820 bits per heavy atom. The summed E-state index contributed by atoms with van der Waals surface area (Å²) in [6.45, 7) is 14.0. The first-order valence-corrected chi connectivity index (χ1v) is 33.0. The molecule has 0 atom stereocenters. The third kappa shape index (κ3) is 7.32. The molecule has 426 valence electrons. The van der Waals surface area contributed by atoms with E-state index >= 15 is 0 Å². The van der Waals surface area contributed by atoms with Crippen LogP contribution < -0.4 is 9.80 Å². The van der Waals surface area contributed by atoms with Gasteiger partial charge in [0, 0.05) is 64.4 Å². The number of rotatable bonds is 8. The summed E-state index contributed by atoms with van der Waals surface area (Å²) in [5.74, 6) is 0.778. The fourth-order valence-corrected chi connectivity index (χ4v) is 18.3. The van der Waals surface area contributed by atoms with Crippen LogP contribution in [0.1, 0.15) is 97.9 Å². The summed E-state index contributed by atoms with van der Waals surface area (Å²) in [6, 6.07) is 97.0. The Bertz CT molecular complexity index is 5570. The first-order valence-electron chi connectivity index (χ1n) is 31.4. The molecular formula is C84H62N2OS2. The molecule has 0 radical (unpaired) electrons. The van der Waals surface area contributed by atoms with E-state index in [-0.39, 0.29) is 5.41 Å². The number of hydrogen-bond acceptors (Lipinski definition) is 5. The lowest BCUT2D eigenvalue weighted by Gasteiger charge is -2.47. The minimum atomic E-state index is -0.828. The van der Waals surface area contributed by atoms with Crippen LogP contribution in [-0.2, 0) is 10.8 Å². The van der Waals surface area contributed by atoms with E-state index in [0.717, 1.165) is 55.9 Å². The number of nitrogens with zero attached hydrogens (tertiary/aromatic N) is 2. The topological polar surface area (TPSA) is 19.6 Å². The van der Waals surface area contributed by atoms with Crippen molar-refractivity contribution in [2.24, 2.45) is 0 Å². The van der Waals surface area contributed by atoms with Crippen molar-refractivity contribution in [3.05, 3.63) is 299 Å². The van der Waals surface area contributed by atoms with Crippen LogP contribution in [0, 0.1) is 0 Å². The predicted molar refractivity (Wildman–Crippen MR) is 381 cm³/mol. The summed E-state index contributed by atoms with van der Waals surface area (Å²) < 4.78 is 12.8. The molecule has 16 aromatic rings. The SMILES string of the molecule is CC(C)c1ccc(N(c2ccc3c4c(c5ccccc5c3c2)-c2c(cc(N(c3ccc(C(C)C)cc3)c3cccc5c3sc3ccccc35)c3c2oc2ccccc23)C42c3ccccc3C(C)(C)c3ccccc32)c2cccc3c2sc2ccccc23)cc1. The maximum Gasteiger partial charge on any atom is 0.145 e. The Hall–Kier alpha value is -9.78. The number of anilines is 6. The van der Waals surface area contributed by atoms with E-state index in [1.165, 1.54) is 118 Å². The van der Waals surface area contributed by atoms with Crippen molar-refractivity contribution in [3.8, 4) is 11.1 Å². The molecule has 0 saturated carbocycles. The Morgan fingerprint density at radius 1 is 0.348 bits per heavy atom. The summed E-state index contributed by atoms with van der Waals surface area (Å²) in [5, 5.41) is 12.1. The summed E-state index contributed by atoms with van der Waals surface area (Å²) in [7, 11) is 0. The van der Waals surface area contributed by atoms with Gasteiger partial charge in [0.1, 0.15) is 11.2 Å². The quantitative estimate of drug-likeness (QED) is 0.141. The molecule has 3 heterocycles. The summed E-state index contributed by atoms with van der Waals surface area (Å²) in [5.41, 5.74) is 20.1. The van der Waals surface area contributed by atoms with Gasteiger partial charge >= 0.3 is 0 Å². The average molecular weight is 1180 g/mol. The Labute approximate surface area is 526 Å². The molecule has 18 rings (SSSR count). The number of para-hydroxylation sites is 1. The zero-order valence-corrected chi connectivity index (χ0v) is 52.2. The second-order valence-electron chi connectivity index (χ2n) is 25.8. The highest BCUT2D eigenvalue weighted by atomic mass is 32.1. The van der Waals surface area contributed by atoms with Crippen LogP contribution >= 0.6 is 22.7 Å². The monoisotopic (exact) mass is 1180 g/mol. The minimum absolute atomic E-state index is 0.326. The third-order valence-corrected chi connectivity index (χ3v) is 22.5. The Balaban J connectivity index is 1.00. The van der Waals surface area contributed by atoms with Crippen molar-refractivity contribution in [1.82, 2.24) is 0 Å². The van der Waals surface area contributed by atoms with Gasteiger partial charge in [-0.15, -0.1) is 22.7 Å². The number of hydrogen-bond donors (Lipinski definition) is 0. The molecule has 0 saturated heterocycles. The molecule has 0 unspecified atom stereocenters. The number of benzene rings is 13. The van der Waals surface area contributed by atoms with Gasteiger partial charge in [-0.1, -0.05) is 224 Å². The van der Waals surface area contributed by atoms with Crippen LogP contribution in [0.4, 0.5) is 34.1 Å². The highest BCUT2D eigenvalue weighted by Gasteiger charge is 2.56. The molecule has 0 fully saturated rings. The molecule has 0 N–H and O–H groups in total. The fourth-order valence-electron chi connectivity index (χ4n) is 15.9. The van der Waals surface area contributed by atoms with E-state index in [1.807, 2.05) is 22.7 Å². The lowest BCUT2D eigenvalue weighted by molar-refractivity contribution is 0.564. The zero-order valence-electron chi connectivity index (χ0n) is 50.5. The maximum atomic E-state index is 7.71. The standard InChI is InChI=1S/C84H62N2OS2/c1-49(2)51-37-41-53(42-38-51)85(70-32-19-26-61-57-22-10-17-35-74(57)88-81(61)70)55-45-46-60-64(47-55)56-21-7-8-24-59(56)77-78-69(84(79(60)77)67-30-14-12-28-65(67)83(5,6)66-29-13-15-31-68(66)84)48-72(76-63-25-9-16-34-73(63)87-80(76)78)86(54-43-39-52(40-44-54)50(3)4)71-33-20-27-62-58-23-11-18-36-75(58)89-82(62)71/h7-50H,1-6H3. The van der Waals surface area contributed by atoms with Crippen molar-refractivity contribution in [2.45, 2.75) is 64.2 Å². The fraction of sp³-hybridized carbons (Fsp3) is 0.119. The lowest BCUT2D eigenvalue weighted by Crippen LogP contribution is -2.40. The highest BCUT2D eigenvalue weighted by Crippen LogP contribution is 2.68. The Morgan fingerprint density at radius 3 is 1.40 bits per heavy atom. The van der Waals surface area contributed by atoms with E-state index in [9.17, 15) is 0 Å². The van der Waals surface area contributed by atoms with Crippen LogP contribution in [0.15, 0.2) is 259 Å². The first-order chi connectivity index (χ1) is 43.6. The number of fused-ring (bicyclic) bond motifs is 24. The van der Waals surface area contributed by atoms with Crippen LogP contribution in [0.3, 0.4) is 0 Å². The smallest absolute Gasteiger partial charge is 0.145 e. The van der Waals surface area contributed by atoms with E-state index in [1.54, 1.807) is 0 Å². The molecule has 0 amide bonds. The largest absolute Gasteiger partial charge is 0.455 e. The van der Waals surface area contributed by atoms with Crippen molar-refractivity contribution in [1.29, 1.82) is 0 Å². The second-order valence-corrected chi connectivity index (χ2v) is 27.9. The molecule has 3 nitrogen and oxygen atoms in total. The number of thiophene rings is 2. The molecular weight excluding hydrogens is 1120 g/mol. The van der Waals surface area contributed by atoms with Gasteiger partial charge in [0.15, 0.2) is 0 Å². The van der Waals surface area contributed by atoms with Gasteiger partial charge in [0.05, 0.1) is 37.3 Å². The molecule has 1 spiro atoms. The second kappa shape index (κ2) is 19.4. The van der Waals surface area contributed by atoms with Crippen molar-refractivity contribution < 1.29 is 4.42 Å². The first kappa shape index (κ1) is 52.4. The van der Waals surface area contributed by atoms with Crippen molar-refractivity contribution in [2.75, 3.05) is 9.80 Å². The molecule has 2 aliphatic rings. The normalized spacial score (nSPS) is 13.9. The molecule has 0 bridgehead atoms. The molecule has 0 aliphatic heterocycles. The van der Waals surface area contributed by atoms with Gasteiger partial charge in [-0.05, 0) is 156 Å². The van der Waals surface area contributed by atoms with Crippen LogP contribution in [0.2, 0.25) is 0 Å². The molecule has 13 aromatic carbocycles. The molecule has 2 aliphatic carbocycles. The predicted octanol–water partition coefficient (Wildman–Crippen LogP) is 24.8. The summed E-state index contributed by atoms with van der Waals surface area (Å²) in [4.78, 5) is 5.10. The lowest BCUT2D eigenvalue weighted by atomic mass is 9.55. The van der Waals surface area contributed by atoms with E-state index < -0.39 is 5.41 Å². The number of furan rings is 1. The van der Waals surface area contributed by atoms with Gasteiger partial charge in [0.25, 0.3) is 0 Å². The Kier molecular flexibility index (Phi) is 11.4.